The van der Waals surface area contributed by atoms with Crippen LogP contribution < -0.4 is 0 Å². The van der Waals surface area contributed by atoms with Crippen molar-refractivity contribution in [3.05, 3.63) is 52.8 Å². The normalized spacial score (nSPS) is 11.6. The Bertz CT molecular complexity index is 857. The molecule has 0 unspecified atom stereocenters. The predicted octanol–water partition coefficient (Wildman–Crippen LogP) is 5.39. The molecule has 2 N–H and O–H groups in total. The van der Waals surface area contributed by atoms with Crippen molar-refractivity contribution in [3.63, 3.8) is 0 Å². The number of hydrogen-bond acceptors (Lipinski definition) is 3. The fourth-order valence-corrected chi connectivity index (χ4v) is 2.23. The Morgan fingerprint density at radius 3 is 2.71 bits per heavy atom. The summed E-state index contributed by atoms with van der Waals surface area (Å²) in [5.41, 5.74) is 1.77. The second kappa shape index (κ2) is 5.18. The molecule has 1 heterocycles. The van der Waals surface area contributed by atoms with E-state index < -0.39 is 5.82 Å². The first-order valence-corrected chi connectivity index (χ1v) is 6.61. The standard InChI is InChI=1S/C15H11ClFN3O/c1-8-10(16)5-3-7-12(8)19-20-14-9-4-2-6-11(17)13(9)18-15(14)21/h2-7,18,21H,1H3. The minimum Gasteiger partial charge on any atom is -0.493 e. The zero-order chi connectivity index (χ0) is 15.0. The van der Waals surface area contributed by atoms with Crippen LogP contribution in [0.15, 0.2) is 46.6 Å². The van der Waals surface area contributed by atoms with Crippen LogP contribution in [0, 0.1) is 12.7 Å². The number of nitrogens with one attached hydrogen (secondary N) is 1. The minimum absolute atomic E-state index is 0.198. The van der Waals surface area contributed by atoms with Gasteiger partial charge in [0.1, 0.15) is 5.82 Å². The highest BCUT2D eigenvalue weighted by Gasteiger charge is 2.13. The molecule has 4 nitrogen and oxygen atoms in total. The van der Waals surface area contributed by atoms with E-state index in [0.717, 1.165) is 5.56 Å². The summed E-state index contributed by atoms with van der Waals surface area (Å²) in [7, 11) is 0. The second-order valence-corrected chi connectivity index (χ2v) is 4.98. The maximum absolute atomic E-state index is 13.6. The van der Waals surface area contributed by atoms with E-state index in [4.69, 9.17) is 11.6 Å². The summed E-state index contributed by atoms with van der Waals surface area (Å²) in [6.07, 6.45) is 0. The lowest BCUT2D eigenvalue weighted by molar-refractivity contribution is 0.459. The van der Waals surface area contributed by atoms with Crippen LogP contribution in [-0.2, 0) is 0 Å². The molecule has 106 valence electrons. The summed E-state index contributed by atoms with van der Waals surface area (Å²) in [4.78, 5) is 2.56. The van der Waals surface area contributed by atoms with Gasteiger partial charge in [0.25, 0.3) is 0 Å². The number of rotatable bonds is 2. The van der Waals surface area contributed by atoms with Crippen molar-refractivity contribution in [2.45, 2.75) is 6.92 Å². The third-order valence-electron chi connectivity index (χ3n) is 3.23. The van der Waals surface area contributed by atoms with Crippen LogP contribution in [-0.4, -0.2) is 10.1 Å². The number of aromatic nitrogens is 1. The van der Waals surface area contributed by atoms with E-state index in [2.05, 4.69) is 15.2 Å². The molecule has 1 aromatic heterocycles. The molecule has 0 aliphatic heterocycles. The largest absolute Gasteiger partial charge is 0.493 e. The van der Waals surface area contributed by atoms with Crippen LogP contribution in [0.5, 0.6) is 5.88 Å². The number of benzene rings is 2. The van der Waals surface area contributed by atoms with Crippen LogP contribution in [0.25, 0.3) is 10.9 Å². The molecule has 3 aromatic rings. The number of aromatic amines is 1. The molecule has 0 spiro atoms. The van der Waals surface area contributed by atoms with Crippen LogP contribution in [0.3, 0.4) is 0 Å². The fourth-order valence-electron chi connectivity index (χ4n) is 2.06. The topological polar surface area (TPSA) is 60.7 Å². The van der Waals surface area contributed by atoms with Gasteiger partial charge in [-0.3, -0.25) is 0 Å². The lowest BCUT2D eigenvalue weighted by Gasteiger charge is -2.00. The minimum atomic E-state index is -0.455. The van der Waals surface area contributed by atoms with Crippen molar-refractivity contribution in [1.29, 1.82) is 0 Å². The molecular weight excluding hydrogens is 293 g/mol. The summed E-state index contributed by atoms with van der Waals surface area (Å²) in [5, 5.41) is 19.0. The maximum Gasteiger partial charge on any atom is 0.218 e. The van der Waals surface area contributed by atoms with Gasteiger partial charge >= 0.3 is 0 Å². The van der Waals surface area contributed by atoms with Gasteiger partial charge in [0, 0.05) is 10.4 Å². The summed E-state index contributed by atoms with van der Waals surface area (Å²) in [6, 6.07) is 9.80. The SMILES string of the molecule is Cc1c(Cl)cccc1N=Nc1c(O)[nH]c2c(F)cccc12. The summed E-state index contributed by atoms with van der Waals surface area (Å²) in [6.45, 7) is 1.82. The van der Waals surface area contributed by atoms with Gasteiger partial charge in [-0.25, -0.2) is 4.39 Å². The van der Waals surface area contributed by atoms with E-state index >= 15 is 0 Å². The zero-order valence-electron chi connectivity index (χ0n) is 11.1. The number of azo groups is 1. The van der Waals surface area contributed by atoms with Gasteiger partial charge in [0.15, 0.2) is 5.69 Å². The Labute approximate surface area is 124 Å². The third kappa shape index (κ3) is 2.36. The molecule has 6 heteroatoms. The van der Waals surface area contributed by atoms with Crippen molar-refractivity contribution < 1.29 is 9.50 Å². The molecule has 0 aliphatic rings. The molecule has 0 radical (unpaired) electrons. The van der Waals surface area contributed by atoms with Gasteiger partial charge in [-0.05, 0) is 30.7 Å². The molecule has 0 aliphatic carbocycles. The molecule has 21 heavy (non-hydrogen) atoms. The second-order valence-electron chi connectivity index (χ2n) is 4.57. The first-order valence-electron chi connectivity index (χ1n) is 6.24. The van der Waals surface area contributed by atoms with Gasteiger partial charge in [0.05, 0.1) is 11.2 Å². The summed E-state index contributed by atoms with van der Waals surface area (Å²) >= 11 is 6.01. The van der Waals surface area contributed by atoms with E-state index in [-0.39, 0.29) is 17.1 Å². The van der Waals surface area contributed by atoms with Crippen LogP contribution in [0.1, 0.15) is 5.56 Å². The Balaban J connectivity index is 2.10. The molecule has 0 atom stereocenters. The predicted molar refractivity (Wildman–Crippen MR) is 80.3 cm³/mol. The number of aromatic hydroxyl groups is 1. The number of para-hydroxylation sites is 1. The van der Waals surface area contributed by atoms with Crippen molar-refractivity contribution in [1.82, 2.24) is 4.98 Å². The van der Waals surface area contributed by atoms with E-state index in [1.165, 1.54) is 6.07 Å². The van der Waals surface area contributed by atoms with Gasteiger partial charge < -0.3 is 10.1 Å². The molecule has 0 amide bonds. The molecule has 2 aromatic carbocycles. The summed E-state index contributed by atoms with van der Waals surface area (Å²) < 4.78 is 13.6. The van der Waals surface area contributed by atoms with Gasteiger partial charge in [0.2, 0.25) is 5.88 Å². The van der Waals surface area contributed by atoms with Gasteiger partial charge in [-0.1, -0.05) is 29.8 Å². The fraction of sp³-hybridized carbons (Fsp3) is 0.0667. The average Bonchev–Trinajstić information content (AvgIpc) is 2.78. The van der Waals surface area contributed by atoms with Gasteiger partial charge in [-0.2, -0.15) is 5.11 Å². The third-order valence-corrected chi connectivity index (χ3v) is 3.64. The number of nitrogens with zero attached hydrogens (tertiary/aromatic N) is 2. The van der Waals surface area contributed by atoms with Crippen LogP contribution in [0.2, 0.25) is 5.02 Å². The molecular formula is C15H11ClFN3O. The smallest absolute Gasteiger partial charge is 0.218 e. The highest BCUT2D eigenvalue weighted by atomic mass is 35.5. The number of H-pyrrole nitrogens is 1. The van der Waals surface area contributed by atoms with Crippen molar-refractivity contribution in [3.8, 4) is 5.88 Å². The number of fused-ring (bicyclic) bond motifs is 1. The average molecular weight is 304 g/mol. The van der Waals surface area contributed by atoms with Crippen molar-refractivity contribution in [2.75, 3.05) is 0 Å². The molecule has 0 saturated heterocycles. The monoisotopic (exact) mass is 303 g/mol. The summed E-state index contributed by atoms with van der Waals surface area (Å²) in [5.74, 6) is -0.679. The van der Waals surface area contributed by atoms with Crippen molar-refractivity contribution >= 4 is 33.9 Å². The molecule has 3 rings (SSSR count). The Morgan fingerprint density at radius 1 is 1.14 bits per heavy atom. The van der Waals surface area contributed by atoms with E-state index in [1.807, 2.05) is 6.92 Å². The number of hydrogen-bond donors (Lipinski definition) is 2. The maximum atomic E-state index is 13.6. The zero-order valence-corrected chi connectivity index (χ0v) is 11.8. The lowest BCUT2D eigenvalue weighted by atomic mass is 10.2. The first-order chi connectivity index (χ1) is 10.1. The molecule has 0 saturated carbocycles. The van der Waals surface area contributed by atoms with Crippen molar-refractivity contribution in [2.24, 2.45) is 10.2 Å². The highest BCUT2D eigenvalue weighted by Crippen LogP contribution is 2.37. The lowest BCUT2D eigenvalue weighted by Crippen LogP contribution is -1.75. The molecule has 0 fully saturated rings. The Morgan fingerprint density at radius 2 is 1.90 bits per heavy atom. The van der Waals surface area contributed by atoms with Gasteiger partial charge in [-0.15, -0.1) is 5.11 Å². The van der Waals surface area contributed by atoms with E-state index in [1.54, 1.807) is 30.3 Å². The quantitative estimate of drug-likeness (QED) is 0.613. The van der Waals surface area contributed by atoms with Crippen LogP contribution >= 0.6 is 11.6 Å². The van der Waals surface area contributed by atoms with E-state index in [0.29, 0.717) is 16.1 Å². The Hall–Kier alpha value is -2.40. The molecule has 0 bridgehead atoms. The van der Waals surface area contributed by atoms with E-state index in [9.17, 15) is 9.50 Å². The van der Waals surface area contributed by atoms with Crippen LogP contribution in [0.4, 0.5) is 15.8 Å². The highest BCUT2D eigenvalue weighted by molar-refractivity contribution is 6.31. The Kier molecular flexibility index (Phi) is 3.35. The first kappa shape index (κ1) is 13.6. The number of halogens is 2.